The van der Waals surface area contributed by atoms with Gasteiger partial charge >= 0.3 is 0 Å². The molecule has 32 heavy (non-hydrogen) atoms. The summed E-state index contributed by atoms with van der Waals surface area (Å²) in [5.74, 6) is -2.87. The van der Waals surface area contributed by atoms with Gasteiger partial charge in [-0.05, 0) is 12.1 Å². The predicted octanol–water partition coefficient (Wildman–Crippen LogP) is -2.33. The van der Waals surface area contributed by atoms with Crippen LogP contribution >= 0.6 is 0 Å². The second kappa shape index (κ2) is 7.99. The predicted molar refractivity (Wildman–Crippen MR) is 102 cm³/mol. The van der Waals surface area contributed by atoms with Gasteiger partial charge in [-0.25, -0.2) is 14.7 Å². The minimum Gasteiger partial charge on any atom is -0.394 e. The molecule has 4 heterocycles. The molecular weight excluding hydrogens is 453 g/mol. The van der Waals surface area contributed by atoms with Gasteiger partial charge in [-0.3, -0.25) is 9.36 Å². The number of carbonyl (C=O) groups is 1. The Labute approximate surface area is 178 Å². The summed E-state index contributed by atoms with van der Waals surface area (Å²) in [6.45, 7) is -0.588. The van der Waals surface area contributed by atoms with Crippen molar-refractivity contribution in [1.82, 2.24) is 29.2 Å². The molecule has 1 fully saturated rings. The van der Waals surface area contributed by atoms with Crippen LogP contribution in [0, 0.1) is 5.95 Å². The lowest BCUT2D eigenvalue weighted by atomic mass is 10.1. The van der Waals surface area contributed by atoms with E-state index in [1.807, 2.05) is 0 Å². The van der Waals surface area contributed by atoms with Gasteiger partial charge in [-0.2, -0.15) is 22.8 Å². The van der Waals surface area contributed by atoms with Gasteiger partial charge in [0.25, 0.3) is 21.1 Å². The number of carbonyl (C=O) groups excluding carboxylic acids is 1. The van der Waals surface area contributed by atoms with Gasteiger partial charge < -0.3 is 25.8 Å². The zero-order valence-corrected chi connectivity index (χ0v) is 16.7. The highest BCUT2D eigenvalue weighted by Gasteiger charge is 2.44. The number of halogens is 1. The van der Waals surface area contributed by atoms with Gasteiger partial charge in [0.15, 0.2) is 17.7 Å². The number of nitrogens with one attached hydrogen (secondary N) is 1. The minimum absolute atomic E-state index is 0.0497. The van der Waals surface area contributed by atoms with E-state index >= 15 is 0 Å². The zero-order chi connectivity index (χ0) is 23.2. The average Bonchev–Trinajstić information content (AvgIpc) is 3.29. The van der Waals surface area contributed by atoms with E-state index in [0.29, 0.717) is 0 Å². The van der Waals surface area contributed by atoms with Crippen LogP contribution in [0.2, 0.25) is 0 Å². The molecule has 1 aliphatic rings. The molecular formula is C16H16FN7O7S. The summed E-state index contributed by atoms with van der Waals surface area (Å²) >= 11 is 0. The van der Waals surface area contributed by atoms with Gasteiger partial charge in [-0.1, -0.05) is 0 Å². The van der Waals surface area contributed by atoms with Gasteiger partial charge in [0.05, 0.1) is 18.5 Å². The van der Waals surface area contributed by atoms with Crippen LogP contribution in [0.15, 0.2) is 29.8 Å². The van der Waals surface area contributed by atoms with Crippen molar-refractivity contribution in [3.63, 3.8) is 0 Å². The first-order valence-electron chi connectivity index (χ1n) is 8.94. The molecule has 0 radical (unpaired) electrons. The first-order valence-corrected chi connectivity index (χ1v) is 10.4. The number of amides is 1. The van der Waals surface area contributed by atoms with E-state index in [0.717, 1.165) is 23.2 Å². The molecule has 170 valence electrons. The van der Waals surface area contributed by atoms with Gasteiger partial charge in [0.2, 0.25) is 5.95 Å². The lowest BCUT2D eigenvalue weighted by molar-refractivity contribution is -0.0511. The standard InChI is InChI=1S/C16H16FN7O7S/c17-11-6(2-1-3-19-11)14(28)23-32(29,30)16-21-12(18)8-13(22-16)24(5-20-8)15-10(27)9(26)7(4-25)31-15/h1-3,5,7,9-10,15,25-27H,4H2,(H,23,28)(H2,18,21,22)/t7-,9?,10?,15-/m1/s1. The van der Waals surface area contributed by atoms with Crippen LogP contribution < -0.4 is 10.5 Å². The Hall–Kier alpha value is -3.31. The SMILES string of the molecule is Nc1nc(S(=O)(=O)NC(=O)c2cccnc2F)nc2c1ncn2[C@@H]1O[C@H](CO)C(O)C1O. The maximum atomic E-state index is 13.7. The van der Waals surface area contributed by atoms with Crippen molar-refractivity contribution in [3.05, 3.63) is 36.2 Å². The molecule has 0 aliphatic carbocycles. The smallest absolute Gasteiger partial charge is 0.300 e. The van der Waals surface area contributed by atoms with E-state index in [-0.39, 0.29) is 17.0 Å². The maximum Gasteiger partial charge on any atom is 0.300 e. The Morgan fingerprint density at radius 1 is 1.28 bits per heavy atom. The largest absolute Gasteiger partial charge is 0.394 e. The fourth-order valence-electron chi connectivity index (χ4n) is 3.11. The Morgan fingerprint density at radius 3 is 2.69 bits per heavy atom. The lowest BCUT2D eigenvalue weighted by Crippen LogP contribution is -2.33. The van der Waals surface area contributed by atoms with E-state index < -0.39 is 63.7 Å². The van der Waals surface area contributed by atoms with Gasteiger partial charge in [0, 0.05) is 6.20 Å². The van der Waals surface area contributed by atoms with Crippen molar-refractivity contribution in [2.75, 3.05) is 12.3 Å². The lowest BCUT2D eigenvalue weighted by Gasteiger charge is -2.16. The Balaban J connectivity index is 1.72. The third-order valence-corrected chi connectivity index (χ3v) is 5.81. The molecule has 1 amide bonds. The number of aromatic nitrogens is 5. The van der Waals surface area contributed by atoms with Crippen LogP contribution in [0.4, 0.5) is 10.2 Å². The van der Waals surface area contributed by atoms with Crippen LogP contribution in [-0.2, 0) is 14.8 Å². The molecule has 1 saturated heterocycles. The van der Waals surface area contributed by atoms with Crippen molar-refractivity contribution < 1.29 is 37.7 Å². The molecule has 16 heteroatoms. The molecule has 4 rings (SSSR count). The Bertz CT molecular complexity index is 1300. The second-order valence-corrected chi connectivity index (χ2v) is 8.30. The molecule has 3 aromatic heterocycles. The summed E-state index contributed by atoms with van der Waals surface area (Å²) in [6.07, 6.45) is -3.12. The molecule has 6 N–H and O–H groups in total. The fraction of sp³-hybridized carbons (Fsp3) is 0.312. The molecule has 0 saturated carbocycles. The number of nitrogens with two attached hydrogens (primary N) is 1. The van der Waals surface area contributed by atoms with Crippen molar-refractivity contribution in [2.24, 2.45) is 0 Å². The summed E-state index contributed by atoms with van der Waals surface area (Å²) in [7, 11) is -4.73. The highest BCUT2D eigenvalue weighted by Crippen LogP contribution is 2.32. The summed E-state index contributed by atoms with van der Waals surface area (Å²) < 4.78 is 47.1. The van der Waals surface area contributed by atoms with Crippen LogP contribution in [0.5, 0.6) is 0 Å². The molecule has 0 aromatic carbocycles. The van der Waals surface area contributed by atoms with E-state index in [4.69, 9.17) is 10.5 Å². The number of hydrogen-bond acceptors (Lipinski definition) is 12. The number of nitrogen functional groups attached to an aromatic ring is 1. The summed E-state index contributed by atoms with van der Waals surface area (Å²) in [6, 6.07) is 2.27. The van der Waals surface area contributed by atoms with E-state index in [1.165, 1.54) is 6.07 Å². The normalized spacial score (nSPS) is 23.5. The number of ether oxygens (including phenoxy) is 1. The van der Waals surface area contributed by atoms with Crippen molar-refractivity contribution >= 4 is 32.9 Å². The number of pyridine rings is 1. The molecule has 0 spiro atoms. The number of fused-ring (bicyclic) bond motifs is 1. The van der Waals surface area contributed by atoms with Gasteiger partial charge in [0.1, 0.15) is 23.8 Å². The van der Waals surface area contributed by atoms with Crippen molar-refractivity contribution in [3.8, 4) is 0 Å². The Morgan fingerprint density at radius 2 is 2.03 bits per heavy atom. The number of anilines is 1. The highest BCUT2D eigenvalue weighted by atomic mass is 32.2. The van der Waals surface area contributed by atoms with Crippen LogP contribution in [0.25, 0.3) is 11.2 Å². The van der Waals surface area contributed by atoms with Crippen molar-refractivity contribution in [2.45, 2.75) is 29.7 Å². The van der Waals surface area contributed by atoms with Gasteiger partial charge in [-0.15, -0.1) is 0 Å². The molecule has 3 aromatic rings. The van der Waals surface area contributed by atoms with E-state index in [9.17, 15) is 32.9 Å². The second-order valence-electron chi connectivity index (χ2n) is 6.72. The molecule has 2 unspecified atom stereocenters. The number of sulfonamides is 1. The summed E-state index contributed by atoms with van der Waals surface area (Å²) in [4.78, 5) is 26.9. The number of hydrogen-bond donors (Lipinski definition) is 5. The minimum atomic E-state index is -4.73. The molecule has 14 nitrogen and oxygen atoms in total. The molecule has 1 aliphatic heterocycles. The third kappa shape index (κ3) is 3.63. The highest BCUT2D eigenvalue weighted by molar-refractivity contribution is 7.89. The molecule has 4 atom stereocenters. The maximum absolute atomic E-state index is 13.7. The fourth-order valence-corrected chi connectivity index (χ4v) is 3.98. The number of aliphatic hydroxyl groups excluding tert-OH is 3. The summed E-state index contributed by atoms with van der Waals surface area (Å²) in [5.41, 5.74) is 4.91. The van der Waals surface area contributed by atoms with Crippen LogP contribution in [0.1, 0.15) is 16.6 Å². The number of nitrogens with zero attached hydrogens (tertiary/aromatic N) is 5. The number of rotatable bonds is 5. The summed E-state index contributed by atoms with van der Waals surface area (Å²) in [5, 5.41) is 28.5. The first-order chi connectivity index (χ1) is 15.1. The van der Waals surface area contributed by atoms with E-state index in [1.54, 1.807) is 4.72 Å². The number of aliphatic hydroxyl groups is 3. The first kappa shape index (κ1) is 21.9. The Kier molecular flexibility index (Phi) is 5.47. The monoisotopic (exact) mass is 469 g/mol. The average molecular weight is 469 g/mol. The third-order valence-electron chi connectivity index (χ3n) is 4.69. The molecule has 0 bridgehead atoms. The van der Waals surface area contributed by atoms with Crippen LogP contribution in [-0.4, -0.2) is 79.1 Å². The quantitative estimate of drug-likeness (QED) is 0.196. The van der Waals surface area contributed by atoms with Crippen molar-refractivity contribution in [1.29, 1.82) is 0 Å². The van der Waals surface area contributed by atoms with E-state index in [2.05, 4.69) is 19.9 Å². The zero-order valence-electron chi connectivity index (χ0n) is 15.9. The van der Waals surface area contributed by atoms with Crippen LogP contribution in [0.3, 0.4) is 0 Å². The number of imidazole rings is 1. The topological polar surface area (TPSA) is 216 Å².